The quantitative estimate of drug-likeness (QED) is 0.797. The molecule has 1 aromatic rings. The van der Waals surface area contributed by atoms with E-state index >= 15 is 0 Å². The maximum absolute atomic E-state index is 13.6. The number of hydrogen-bond acceptors (Lipinski definition) is 1. The first-order valence-electron chi connectivity index (χ1n) is 6.75. The van der Waals surface area contributed by atoms with Crippen molar-refractivity contribution in [2.24, 2.45) is 11.8 Å². The second-order valence-electron chi connectivity index (χ2n) is 5.05. The number of nitrogens with one attached hydrogen (secondary N) is 1. The lowest BCUT2D eigenvalue weighted by Crippen LogP contribution is -2.33. The fraction of sp³-hybridized carbons (Fsp3) is 0.600. The first kappa shape index (κ1) is 12.6. The smallest absolute Gasteiger partial charge is 0.126 e. The van der Waals surface area contributed by atoms with Crippen molar-refractivity contribution < 1.29 is 4.39 Å². The topological polar surface area (TPSA) is 12.0 Å². The Balaban J connectivity index is 1.98. The number of rotatable bonds is 6. The first-order chi connectivity index (χ1) is 8.31. The zero-order chi connectivity index (χ0) is 12.1. The highest BCUT2D eigenvalue weighted by Crippen LogP contribution is 2.35. The number of halogens is 1. The Morgan fingerprint density at radius 1 is 1.35 bits per heavy atom. The van der Waals surface area contributed by atoms with Gasteiger partial charge in [0.25, 0.3) is 0 Å². The van der Waals surface area contributed by atoms with Crippen LogP contribution >= 0.6 is 0 Å². The minimum absolute atomic E-state index is 0.0479. The molecule has 1 aliphatic carbocycles. The summed E-state index contributed by atoms with van der Waals surface area (Å²) in [6, 6.07) is 7.19. The van der Waals surface area contributed by atoms with Gasteiger partial charge in [-0.05, 0) is 43.0 Å². The molecular weight excluding hydrogens is 213 g/mol. The summed E-state index contributed by atoms with van der Waals surface area (Å²) in [5.74, 6) is 1.35. The van der Waals surface area contributed by atoms with Crippen LogP contribution in [0.15, 0.2) is 24.3 Å². The predicted molar refractivity (Wildman–Crippen MR) is 69.5 cm³/mol. The van der Waals surface area contributed by atoms with E-state index in [2.05, 4.69) is 12.2 Å². The number of benzene rings is 1. The fourth-order valence-corrected chi connectivity index (χ4v) is 2.59. The van der Waals surface area contributed by atoms with E-state index < -0.39 is 0 Å². The van der Waals surface area contributed by atoms with Crippen LogP contribution in [0.5, 0.6) is 0 Å². The molecule has 0 aliphatic heterocycles. The van der Waals surface area contributed by atoms with Gasteiger partial charge >= 0.3 is 0 Å². The predicted octanol–water partition coefficient (Wildman–Crippen LogP) is 3.39. The molecule has 17 heavy (non-hydrogen) atoms. The Kier molecular flexibility index (Phi) is 4.55. The second kappa shape index (κ2) is 6.15. The molecule has 0 heterocycles. The lowest BCUT2D eigenvalue weighted by Gasteiger charge is -2.34. The molecule has 1 aliphatic rings. The maximum Gasteiger partial charge on any atom is 0.126 e. The second-order valence-corrected chi connectivity index (χ2v) is 5.05. The molecule has 2 rings (SSSR count). The maximum atomic E-state index is 13.6. The molecule has 0 amide bonds. The summed E-state index contributed by atoms with van der Waals surface area (Å²) in [5, 5.41) is 3.41. The third kappa shape index (κ3) is 3.29. The third-order valence-corrected chi connectivity index (χ3v) is 3.91. The normalized spacial score (nSPS) is 17.8. The van der Waals surface area contributed by atoms with Crippen LogP contribution in [0.25, 0.3) is 0 Å². The van der Waals surface area contributed by atoms with E-state index in [0.717, 1.165) is 31.0 Å². The zero-order valence-corrected chi connectivity index (χ0v) is 10.6. The summed E-state index contributed by atoms with van der Waals surface area (Å²) in [6.45, 7) is 4.15. The largest absolute Gasteiger partial charge is 0.317 e. The summed E-state index contributed by atoms with van der Waals surface area (Å²) in [5.41, 5.74) is 0.877. The van der Waals surface area contributed by atoms with Crippen LogP contribution in [0, 0.1) is 17.7 Å². The summed E-state index contributed by atoms with van der Waals surface area (Å²) >= 11 is 0. The lowest BCUT2D eigenvalue weighted by atomic mass is 9.73. The highest BCUT2D eigenvalue weighted by Gasteiger charge is 2.27. The molecule has 1 N–H and O–H groups in total. The summed E-state index contributed by atoms with van der Waals surface area (Å²) < 4.78 is 13.6. The van der Waals surface area contributed by atoms with Crippen LogP contribution in [0.4, 0.5) is 4.39 Å². The molecule has 94 valence electrons. The Labute approximate surface area is 103 Å². The Morgan fingerprint density at radius 2 is 2.12 bits per heavy atom. The van der Waals surface area contributed by atoms with Gasteiger partial charge in [-0.15, -0.1) is 0 Å². The van der Waals surface area contributed by atoms with Gasteiger partial charge in [-0.3, -0.25) is 0 Å². The van der Waals surface area contributed by atoms with Gasteiger partial charge in [0.15, 0.2) is 0 Å². The van der Waals surface area contributed by atoms with Crippen molar-refractivity contribution in [1.29, 1.82) is 0 Å². The van der Waals surface area contributed by atoms with E-state index in [1.807, 2.05) is 12.1 Å². The van der Waals surface area contributed by atoms with Crippen LogP contribution in [-0.4, -0.2) is 13.1 Å². The molecule has 0 radical (unpaired) electrons. The van der Waals surface area contributed by atoms with Gasteiger partial charge in [0.1, 0.15) is 5.82 Å². The molecule has 0 bridgehead atoms. The molecule has 1 unspecified atom stereocenters. The van der Waals surface area contributed by atoms with E-state index in [1.165, 1.54) is 19.3 Å². The van der Waals surface area contributed by atoms with Gasteiger partial charge in [-0.1, -0.05) is 44.4 Å². The molecule has 1 atom stereocenters. The average molecular weight is 235 g/mol. The average Bonchev–Trinajstić information content (AvgIpc) is 2.26. The Morgan fingerprint density at radius 3 is 2.71 bits per heavy atom. The Bertz CT molecular complexity index is 347. The van der Waals surface area contributed by atoms with Crippen molar-refractivity contribution in [2.75, 3.05) is 13.1 Å². The van der Waals surface area contributed by atoms with Crippen LogP contribution in [0.2, 0.25) is 0 Å². The standard InChI is InChI=1S/C15H22FN/c1-2-17-11-14(12-7-5-8-12)10-13-6-3-4-9-15(13)16/h3-4,6,9,12,14,17H,2,5,7-8,10-11H2,1H3. The monoisotopic (exact) mass is 235 g/mol. The van der Waals surface area contributed by atoms with Gasteiger partial charge in [-0.2, -0.15) is 0 Å². The van der Waals surface area contributed by atoms with Crippen molar-refractivity contribution in [1.82, 2.24) is 5.32 Å². The fourth-order valence-electron chi connectivity index (χ4n) is 2.59. The highest BCUT2D eigenvalue weighted by molar-refractivity contribution is 5.18. The van der Waals surface area contributed by atoms with Gasteiger partial charge < -0.3 is 5.32 Å². The van der Waals surface area contributed by atoms with Crippen molar-refractivity contribution in [3.63, 3.8) is 0 Å². The zero-order valence-electron chi connectivity index (χ0n) is 10.6. The van der Waals surface area contributed by atoms with Crippen LogP contribution in [0.1, 0.15) is 31.7 Å². The summed E-state index contributed by atoms with van der Waals surface area (Å²) in [6.07, 6.45) is 4.88. The molecule has 1 fully saturated rings. The molecular formula is C15H22FN. The van der Waals surface area contributed by atoms with E-state index in [0.29, 0.717) is 5.92 Å². The summed E-state index contributed by atoms with van der Waals surface area (Å²) in [4.78, 5) is 0. The molecule has 0 spiro atoms. The number of hydrogen-bond donors (Lipinski definition) is 1. The molecule has 0 aromatic heterocycles. The van der Waals surface area contributed by atoms with Crippen molar-refractivity contribution in [3.05, 3.63) is 35.6 Å². The molecule has 1 saturated carbocycles. The van der Waals surface area contributed by atoms with E-state index in [-0.39, 0.29) is 5.82 Å². The van der Waals surface area contributed by atoms with Gasteiger partial charge in [0.2, 0.25) is 0 Å². The SMILES string of the molecule is CCNCC(Cc1ccccc1F)C1CCC1. The van der Waals surface area contributed by atoms with Crippen LogP contribution in [-0.2, 0) is 6.42 Å². The molecule has 1 nitrogen and oxygen atoms in total. The summed E-state index contributed by atoms with van der Waals surface area (Å²) in [7, 11) is 0. The molecule has 0 saturated heterocycles. The molecule has 1 aromatic carbocycles. The molecule has 2 heteroatoms. The lowest BCUT2D eigenvalue weighted by molar-refractivity contribution is 0.199. The minimum atomic E-state index is -0.0479. The van der Waals surface area contributed by atoms with Crippen molar-refractivity contribution in [2.45, 2.75) is 32.6 Å². The first-order valence-corrected chi connectivity index (χ1v) is 6.75. The van der Waals surface area contributed by atoms with Crippen LogP contribution in [0.3, 0.4) is 0 Å². The van der Waals surface area contributed by atoms with Gasteiger partial charge in [0, 0.05) is 0 Å². The van der Waals surface area contributed by atoms with Crippen molar-refractivity contribution >= 4 is 0 Å². The minimum Gasteiger partial charge on any atom is -0.317 e. The van der Waals surface area contributed by atoms with E-state index in [1.54, 1.807) is 12.1 Å². The van der Waals surface area contributed by atoms with Gasteiger partial charge in [-0.25, -0.2) is 4.39 Å². The van der Waals surface area contributed by atoms with Crippen molar-refractivity contribution in [3.8, 4) is 0 Å². The van der Waals surface area contributed by atoms with E-state index in [4.69, 9.17) is 0 Å². The third-order valence-electron chi connectivity index (χ3n) is 3.91. The van der Waals surface area contributed by atoms with Gasteiger partial charge in [0.05, 0.1) is 0 Å². The highest BCUT2D eigenvalue weighted by atomic mass is 19.1. The van der Waals surface area contributed by atoms with E-state index in [9.17, 15) is 4.39 Å². The van der Waals surface area contributed by atoms with Crippen LogP contribution < -0.4 is 5.32 Å². The Hall–Kier alpha value is -0.890.